The number of nitrogens with one attached hydrogen (secondary N) is 1. The van der Waals surface area contributed by atoms with Crippen LogP contribution in [-0.4, -0.2) is 41.7 Å². The van der Waals surface area contributed by atoms with E-state index in [1.807, 2.05) is 7.05 Å². The average molecular weight is 266 g/mol. The highest BCUT2D eigenvalue weighted by Crippen LogP contribution is 2.17. The highest BCUT2D eigenvalue weighted by atomic mass is 16.5. The standard InChI is InChI=1S/C14H26N4O/c1-11(2)8-14-16-13(17-19-14)10-18-6-4-12(5-7-18)9-15-3/h11-12,15H,4-10H2,1-3H3. The third-order valence-electron chi connectivity index (χ3n) is 3.66. The smallest absolute Gasteiger partial charge is 0.226 e. The minimum atomic E-state index is 0.561. The molecule has 1 aliphatic heterocycles. The second kappa shape index (κ2) is 7.01. The van der Waals surface area contributed by atoms with Crippen LogP contribution in [0, 0.1) is 11.8 Å². The van der Waals surface area contributed by atoms with E-state index in [-0.39, 0.29) is 0 Å². The van der Waals surface area contributed by atoms with Gasteiger partial charge in [0.15, 0.2) is 5.82 Å². The summed E-state index contributed by atoms with van der Waals surface area (Å²) in [6.07, 6.45) is 3.40. The van der Waals surface area contributed by atoms with E-state index in [0.29, 0.717) is 5.92 Å². The molecule has 1 N–H and O–H groups in total. The molecule has 1 aromatic rings. The van der Waals surface area contributed by atoms with E-state index >= 15 is 0 Å². The van der Waals surface area contributed by atoms with Crippen molar-refractivity contribution in [1.29, 1.82) is 0 Å². The predicted molar refractivity (Wildman–Crippen MR) is 74.8 cm³/mol. The summed E-state index contributed by atoms with van der Waals surface area (Å²) >= 11 is 0. The zero-order valence-electron chi connectivity index (χ0n) is 12.4. The summed E-state index contributed by atoms with van der Waals surface area (Å²) in [5.41, 5.74) is 0. The third kappa shape index (κ3) is 4.58. The van der Waals surface area contributed by atoms with Crippen LogP contribution in [0.25, 0.3) is 0 Å². The van der Waals surface area contributed by atoms with Gasteiger partial charge in [0.05, 0.1) is 6.54 Å². The number of nitrogens with zero attached hydrogens (tertiary/aromatic N) is 3. The summed E-state index contributed by atoms with van der Waals surface area (Å²) in [4.78, 5) is 6.89. The largest absolute Gasteiger partial charge is 0.339 e. The van der Waals surface area contributed by atoms with Crippen molar-refractivity contribution in [1.82, 2.24) is 20.4 Å². The van der Waals surface area contributed by atoms with Crippen LogP contribution in [0.3, 0.4) is 0 Å². The van der Waals surface area contributed by atoms with Crippen molar-refractivity contribution in [3.8, 4) is 0 Å². The highest BCUT2D eigenvalue weighted by Gasteiger charge is 2.20. The molecule has 0 atom stereocenters. The van der Waals surface area contributed by atoms with E-state index in [4.69, 9.17) is 4.52 Å². The summed E-state index contributed by atoms with van der Waals surface area (Å²) < 4.78 is 5.28. The number of likely N-dealkylation sites (tertiary alicyclic amines) is 1. The van der Waals surface area contributed by atoms with Gasteiger partial charge in [-0.1, -0.05) is 19.0 Å². The lowest BCUT2D eigenvalue weighted by Gasteiger charge is -2.30. The molecule has 1 fully saturated rings. The molecule has 1 aromatic heterocycles. The minimum Gasteiger partial charge on any atom is -0.339 e. The Morgan fingerprint density at radius 1 is 1.37 bits per heavy atom. The van der Waals surface area contributed by atoms with Crippen LogP contribution in [0.2, 0.25) is 0 Å². The molecule has 1 aliphatic rings. The van der Waals surface area contributed by atoms with Crippen molar-refractivity contribution < 1.29 is 4.52 Å². The molecule has 0 unspecified atom stereocenters. The molecule has 0 saturated carbocycles. The molecular formula is C14H26N4O. The number of rotatable bonds is 6. The summed E-state index contributed by atoms with van der Waals surface area (Å²) in [5.74, 6) is 2.99. The fraction of sp³-hybridized carbons (Fsp3) is 0.857. The quantitative estimate of drug-likeness (QED) is 0.849. The van der Waals surface area contributed by atoms with Crippen LogP contribution >= 0.6 is 0 Å². The van der Waals surface area contributed by atoms with E-state index in [1.54, 1.807) is 0 Å². The lowest BCUT2D eigenvalue weighted by molar-refractivity contribution is 0.171. The Labute approximate surface area is 115 Å². The van der Waals surface area contributed by atoms with Gasteiger partial charge in [-0.05, 0) is 51.4 Å². The minimum absolute atomic E-state index is 0.561. The number of aromatic nitrogens is 2. The maximum Gasteiger partial charge on any atom is 0.226 e. The molecule has 0 amide bonds. The fourth-order valence-corrected chi connectivity index (χ4v) is 2.62. The van der Waals surface area contributed by atoms with Crippen LogP contribution in [0.15, 0.2) is 4.52 Å². The Morgan fingerprint density at radius 3 is 2.74 bits per heavy atom. The van der Waals surface area contributed by atoms with Crippen LogP contribution in [-0.2, 0) is 13.0 Å². The summed E-state index contributed by atoms with van der Waals surface area (Å²) in [6.45, 7) is 8.57. The zero-order valence-corrected chi connectivity index (χ0v) is 12.4. The number of piperidine rings is 1. The monoisotopic (exact) mass is 266 g/mol. The van der Waals surface area contributed by atoms with Crippen LogP contribution in [0.4, 0.5) is 0 Å². The van der Waals surface area contributed by atoms with Gasteiger partial charge in [0.25, 0.3) is 0 Å². The molecule has 108 valence electrons. The molecule has 2 heterocycles. The van der Waals surface area contributed by atoms with Crippen molar-refractivity contribution in [3.63, 3.8) is 0 Å². The van der Waals surface area contributed by atoms with Gasteiger partial charge in [-0.25, -0.2) is 0 Å². The maximum absolute atomic E-state index is 5.28. The van der Waals surface area contributed by atoms with Crippen molar-refractivity contribution in [2.24, 2.45) is 11.8 Å². The Bertz CT molecular complexity index is 369. The van der Waals surface area contributed by atoms with E-state index < -0.39 is 0 Å². The first kappa shape index (κ1) is 14.5. The first-order valence-corrected chi connectivity index (χ1v) is 7.35. The van der Waals surface area contributed by atoms with Gasteiger partial charge in [0, 0.05) is 6.42 Å². The first-order valence-electron chi connectivity index (χ1n) is 7.35. The Hall–Kier alpha value is -0.940. The molecule has 0 radical (unpaired) electrons. The van der Waals surface area contributed by atoms with Gasteiger partial charge >= 0.3 is 0 Å². The van der Waals surface area contributed by atoms with E-state index in [1.165, 1.54) is 12.8 Å². The van der Waals surface area contributed by atoms with Gasteiger partial charge < -0.3 is 9.84 Å². The number of hydrogen-bond acceptors (Lipinski definition) is 5. The predicted octanol–water partition coefficient (Wildman–Crippen LogP) is 1.70. The van der Waals surface area contributed by atoms with Crippen molar-refractivity contribution in [3.05, 3.63) is 11.7 Å². The zero-order chi connectivity index (χ0) is 13.7. The Kier molecular flexibility index (Phi) is 5.34. The van der Waals surface area contributed by atoms with Gasteiger partial charge in [0.2, 0.25) is 5.89 Å². The summed E-state index contributed by atoms with van der Waals surface area (Å²) in [5, 5.41) is 7.34. The molecule has 0 bridgehead atoms. The van der Waals surface area contributed by atoms with Gasteiger partial charge in [-0.2, -0.15) is 4.98 Å². The van der Waals surface area contributed by atoms with Crippen molar-refractivity contribution in [2.45, 2.75) is 39.7 Å². The molecule has 1 saturated heterocycles. The molecule has 19 heavy (non-hydrogen) atoms. The van der Waals surface area contributed by atoms with E-state index in [2.05, 4.69) is 34.2 Å². The third-order valence-corrected chi connectivity index (χ3v) is 3.66. The Balaban J connectivity index is 1.77. The van der Waals surface area contributed by atoms with Crippen LogP contribution < -0.4 is 5.32 Å². The second-order valence-electron chi connectivity index (χ2n) is 5.98. The maximum atomic E-state index is 5.28. The Morgan fingerprint density at radius 2 is 2.11 bits per heavy atom. The summed E-state index contributed by atoms with van der Waals surface area (Å²) in [7, 11) is 2.03. The molecule has 0 spiro atoms. The lowest BCUT2D eigenvalue weighted by Crippen LogP contribution is -2.36. The van der Waals surface area contributed by atoms with Gasteiger partial charge in [-0.3, -0.25) is 4.90 Å². The highest BCUT2D eigenvalue weighted by molar-refractivity contribution is 4.88. The normalized spacial score (nSPS) is 18.3. The SMILES string of the molecule is CNCC1CCN(Cc2noc(CC(C)C)n2)CC1. The van der Waals surface area contributed by atoms with Crippen molar-refractivity contribution in [2.75, 3.05) is 26.7 Å². The molecule has 0 aliphatic carbocycles. The van der Waals surface area contributed by atoms with E-state index in [0.717, 1.165) is 50.2 Å². The van der Waals surface area contributed by atoms with Crippen molar-refractivity contribution >= 4 is 0 Å². The van der Waals surface area contributed by atoms with Crippen LogP contribution in [0.5, 0.6) is 0 Å². The first-order chi connectivity index (χ1) is 9.17. The molecular weight excluding hydrogens is 240 g/mol. The van der Waals surface area contributed by atoms with Gasteiger partial charge in [0.1, 0.15) is 0 Å². The second-order valence-corrected chi connectivity index (χ2v) is 5.98. The summed E-state index contributed by atoms with van der Waals surface area (Å²) in [6, 6.07) is 0. The lowest BCUT2D eigenvalue weighted by atomic mass is 9.97. The molecule has 0 aromatic carbocycles. The topological polar surface area (TPSA) is 54.2 Å². The van der Waals surface area contributed by atoms with Gasteiger partial charge in [-0.15, -0.1) is 0 Å². The molecule has 5 heteroatoms. The fourth-order valence-electron chi connectivity index (χ4n) is 2.62. The molecule has 2 rings (SSSR count). The average Bonchev–Trinajstić information content (AvgIpc) is 2.78. The van der Waals surface area contributed by atoms with E-state index in [9.17, 15) is 0 Å². The van der Waals surface area contributed by atoms with Crippen LogP contribution in [0.1, 0.15) is 38.4 Å². The number of hydrogen-bond donors (Lipinski definition) is 1. The molecule has 5 nitrogen and oxygen atoms in total.